The number of nitrogens with one attached hydrogen (secondary N) is 1. The molecule has 1 heteroatoms. The largest absolute Gasteiger partial charge is 0.314 e. The quantitative estimate of drug-likeness (QED) is 0.448. The normalized spacial score (nSPS) is 18.5. The van der Waals surface area contributed by atoms with Gasteiger partial charge in [-0.1, -0.05) is 12.5 Å². The van der Waals surface area contributed by atoms with Crippen molar-refractivity contribution >= 4 is 0 Å². The van der Waals surface area contributed by atoms with Gasteiger partial charge in [-0.3, -0.25) is 0 Å². The minimum atomic E-state index is 0.763. The maximum atomic E-state index is 3.72. The van der Waals surface area contributed by atoms with Crippen LogP contribution in [0.2, 0.25) is 0 Å². The zero-order chi connectivity index (χ0) is 9.52. The topological polar surface area (TPSA) is 12.0 Å². The molecule has 1 N–H and O–H groups in total. The first-order valence-corrected chi connectivity index (χ1v) is 5.69. The molecule has 1 unspecified atom stereocenters. The van der Waals surface area contributed by atoms with E-state index in [2.05, 4.69) is 18.8 Å². The van der Waals surface area contributed by atoms with E-state index >= 15 is 0 Å². The molecule has 0 bridgehead atoms. The molecule has 1 atom stereocenters. The molecule has 1 saturated carbocycles. The summed E-state index contributed by atoms with van der Waals surface area (Å²) in [5.74, 6) is 0.994. The van der Waals surface area contributed by atoms with E-state index in [-0.39, 0.29) is 0 Å². The minimum Gasteiger partial charge on any atom is -0.314 e. The third kappa shape index (κ3) is 5.09. The van der Waals surface area contributed by atoms with Gasteiger partial charge in [-0.05, 0) is 51.5 Å². The van der Waals surface area contributed by atoms with Crippen molar-refractivity contribution in [1.29, 1.82) is 0 Å². The van der Waals surface area contributed by atoms with Crippen LogP contribution in [-0.2, 0) is 0 Å². The van der Waals surface area contributed by atoms with Crippen molar-refractivity contribution in [1.82, 2.24) is 5.32 Å². The van der Waals surface area contributed by atoms with Gasteiger partial charge in [0.2, 0.25) is 0 Å². The summed E-state index contributed by atoms with van der Waals surface area (Å²) >= 11 is 0. The lowest BCUT2D eigenvalue weighted by Gasteiger charge is -2.11. The maximum Gasteiger partial charge on any atom is 0.00669 e. The van der Waals surface area contributed by atoms with Crippen LogP contribution in [0.5, 0.6) is 0 Å². The van der Waals surface area contributed by atoms with Crippen LogP contribution < -0.4 is 5.32 Å². The van der Waals surface area contributed by atoms with Crippen LogP contribution in [0.25, 0.3) is 0 Å². The van der Waals surface area contributed by atoms with Crippen LogP contribution in [0.1, 0.15) is 45.4 Å². The number of rotatable bonds is 8. The lowest BCUT2D eigenvalue weighted by atomic mass is 10.1. The predicted octanol–water partition coefficient (Wildman–Crippen LogP) is 3.12. The number of hydrogen-bond acceptors (Lipinski definition) is 1. The fourth-order valence-corrected chi connectivity index (χ4v) is 1.68. The van der Waals surface area contributed by atoms with E-state index in [1.165, 1.54) is 45.1 Å². The molecule has 76 valence electrons. The number of hydrogen-bond donors (Lipinski definition) is 1. The Bertz CT molecular complexity index is 138. The molecule has 13 heavy (non-hydrogen) atoms. The van der Waals surface area contributed by atoms with Crippen LogP contribution in [0.3, 0.4) is 0 Å². The molecule has 0 radical (unpaired) electrons. The summed E-state index contributed by atoms with van der Waals surface area (Å²) in [6.07, 6.45) is 10.1. The summed E-state index contributed by atoms with van der Waals surface area (Å²) in [5.41, 5.74) is 0. The highest BCUT2D eigenvalue weighted by Gasteiger charge is 2.26. The first-order chi connectivity index (χ1) is 6.34. The van der Waals surface area contributed by atoms with Gasteiger partial charge >= 0.3 is 0 Å². The zero-order valence-electron chi connectivity index (χ0n) is 8.89. The Hall–Kier alpha value is -0.300. The Balaban J connectivity index is 1.80. The monoisotopic (exact) mass is 181 g/mol. The molecule has 0 aromatic rings. The molecule has 1 aliphatic rings. The van der Waals surface area contributed by atoms with E-state index in [0.29, 0.717) is 0 Å². The molecule has 0 saturated heterocycles. The Morgan fingerprint density at radius 3 is 2.77 bits per heavy atom. The van der Waals surface area contributed by atoms with E-state index in [9.17, 15) is 0 Å². The van der Waals surface area contributed by atoms with Gasteiger partial charge < -0.3 is 5.32 Å². The van der Waals surface area contributed by atoms with Crippen molar-refractivity contribution in [2.24, 2.45) is 5.92 Å². The van der Waals surface area contributed by atoms with Crippen LogP contribution >= 0.6 is 0 Å². The Labute approximate surface area is 82.6 Å². The molecule has 1 nitrogen and oxygen atoms in total. The smallest absolute Gasteiger partial charge is 0.00669 e. The van der Waals surface area contributed by atoms with Crippen molar-refractivity contribution in [3.05, 3.63) is 12.7 Å². The molecular formula is C12H23N. The predicted molar refractivity (Wildman–Crippen MR) is 58.9 cm³/mol. The standard InChI is InChI=1S/C12H23N/c1-3-4-5-6-7-10-13-11(2)12-8-9-12/h3,11-13H,1,4-10H2,2H3. The summed E-state index contributed by atoms with van der Waals surface area (Å²) in [6.45, 7) is 7.25. The Kier molecular flexibility index (Phi) is 5.14. The molecule has 0 heterocycles. The average Bonchev–Trinajstić information content (AvgIpc) is 2.93. The van der Waals surface area contributed by atoms with Gasteiger partial charge in [-0.2, -0.15) is 0 Å². The van der Waals surface area contributed by atoms with Crippen molar-refractivity contribution in [2.75, 3.05) is 6.54 Å². The fourth-order valence-electron chi connectivity index (χ4n) is 1.68. The second kappa shape index (κ2) is 6.20. The second-order valence-corrected chi connectivity index (χ2v) is 4.22. The highest BCUT2D eigenvalue weighted by Crippen LogP contribution is 2.32. The summed E-state index contributed by atoms with van der Waals surface area (Å²) in [4.78, 5) is 0. The first kappa shape index (κ1) is 10.8. The van der Waals surface area contributed by atoms with Gasteiger partial charge in [-0.25, -0.2) is 0 Å². The van der Waals surface area contributed by atoms with E-state index in [4.69, 9.17) is 0 Å². The van der Waals surface area contributed by atoms with Crippen LogP contribution in [-0.4, -0.2) is 12.6 Å². The minimum absolute atomic E-state index is 0.763. The van der Waals surface area contributed by atoms with Crippen molar-refractivity contribution < 1.29 is 0 Å². The molecule has 0 aromatic heterocycles. The summed E-state index contributed by atoms with van der Waals surface area (Å²) in [7, 11) is 0. The highest BCUT2D eigenvalue weighted by molar-refractivity contribution is 4.82. The Morgan fingerprint density at radius 1 is 1.38 bits per heavy atom. The molecule has 0 spiro atoms. The van der Waals surface area contributed by atoms with E-state index in [1.54, 1.807) is 0 Å². The van der Waals surface area contributed by atoms with Gasteiger partial charge in [0.15, 0.2) is 0 Å². The van der Waals surface area contributed by atoms with Crippen LogP contribution in [0, 0.1) is 5.92 Å². The number of allylic oxidation sites excluding steroid dienone is 1. The van der Waals surface area contributed by atoms with Gasteiger partial charge in [0, 0.05) is 6.04 Å². The first-order valence-electron chi connectivity index (χ1n) is 5.69. The van der Waals surface area contributed by atoms with Gasteiger partial charge in [0.25, 0.3) is 0 Å². The highest BCUT2D eigenvalue weighted by atomic mass is 14.9. The molecule has 0 aromatic carbocycles. The molecule has 0 amide bonds. The zero-order valence-corrected chi connectivity index (χ0v) is 8.89. The third-order valence-electron chi connectivity index (χ3n) is 2.88. The maximum absolute atomic E-state index is 3.72. The second-order valence-electron chi connectivity index (χ2n) is 4.22. The molecule has 1 fully saturated rings. The molecule has 1 aliphatic carbocycles. The van der Waals surface area contributed by atoms with E-state index in [0.717, 1.165) is 12.0 Å². The summed E-state index contributed by atoms with van der Waals surface area (Å²) in [6, 6.07) is 0.763. The van der Waals surface area contributed by atoms with Crippen LogP contribution in [0.15, 0.2) is 12.7 Å². The molecule has 1 rings (SSSR count). The SMILES string of the molecule is C=CCCCCCNC(C)C1CC1. The fraction of sp³-hybridized carbons (Fsp3) is 0.833. The van der Waals surface area contributed by atoms with Crippen molar-refractivity contribution in [3.8, 4) is 0 Å². The Morgan fingerprint density at radius 2 is 2.15 bits per heavy atom. The van der Waals surface area contributed by atoms with E-state index < -0.39 is 0 Å². The van der Waals surface area contributed by atoms with Gasteiger partial charge in [-0.15, -0.1) is 6.58 Å². The lowest BCUT2D eigenvalue weighted by Crippen LogP contribution is -2.28. The lowest BCUT2D eigenvalue weighted by molar-refractivity contribution is 0.481. The van der Waals surface area contributed by atoms with E-state index in [1.807, 2.05) is 6.08 Å². The van der Waals surface area contributed by atoms with Gasteiger partial charge in [0.1, 0.15) is 0 Å². The summed E-state index contributed by atoms with van der Waals surface area (Å²) in [5, 5.41) is 3.60. The molecule has 0 aliphatic heterocycles. The summed E-state index contributed by atoms with van der Waals surface area (Å²) < 4.78 is 0. The molecular weight excluding hydrogens is 158 g/mol. The third-order valence-corrected chi connectivity index (χ3v) is 2.88. The average molecular weight is 181 g/mol. The van der Waals surface area contributed by atoms with Gasteiger partial charge in [0.05, 0.1) is 0 Å². The number of unbranched alkanes of at least 4 members (excludes halogenated alkanes) is 3. The van der Waals surface area contributed by atoms with Crippen molar-refractivity contribution in [3.63, 3.8) is 0 Å². The van der Waals surface area contributed by atoms with Crippen molar-refractivity contribution in [2.45, 2.75) is 51.5 Å². The van der Waals surface area contributed by atoms with Crippen LogP contribution in [0.4, 0.5) is 0 Å².